The monoisotopic (exact) mass is 276 g/mol. The highest BCUT2D eigenvalue weighted by Crippen LogP contribution is 2.12. The quantitative estimate of drug-likeness (QED) is 0.860. The van der Waals surface area contributed by atoms with Crippen molar-refractivity contribution in [1.29, 1.82) is 0 Å². The highest BCUT2D eigenvalue weighted by atomic mass is 16.1. The molecule has 0 spiro atoms. The molecule has 0 aromatic carbocycles. The molecule has 0 bridgehead atoms. The van der Waals surface area contributed by atoms with Gasteiger partial charge in [0.05, 0.1) is 0 Å². The first kappa shape index (κ1) is 14.8. The molecule has 1 aliphatic rings. The molecule has 110 valence electrons. The molecule has 1 saturated heterocycles. The lowest BCUT2D eigenvalue weighted by molar-refractivity contribution is 0.0911. The molecule has 20 heavy (non-hydrogen) atoms. The van der Waals surface area contributed by atoms with E-state index in [4.69, 9.17) is 0 Å². The summed E-state index contributed by atoms with van der Waals surface area (Å²) in [5, 5.41) is 6.08. The summed E-state index contributed by atoms with van der Waals surface area (Å²) in [6, 6.07) is 3.83. The first-order valence-corrected chi connectivity index (χ1v) is 7.40. The molecule has 5 nitrogen and oxygen atoms in total. The lowest BCUT2D eigenvalue weighted by atomic mass is 10.0. The molecule has 0 radical (unpaired) electrons. The van der Waals surface area contributed by atoms with Crippen LogP contribution in [0.4, 0.5) is 5.82 Å². The maximum atomic E-state index is 12.2. The summed E-state index contributed by atoms with van der Waals surface area (Å²) in [6.45, 7) is 5.53. The number of piperidine rings is 1. The number of nitrogens with zero attached hydrogens (tertiary/aromatic N) is 2. The number of anilines is 1. The van der Waals surface area contributed by atoms with Crippen LogP contribution in [0.2, 0.25) is 0 Å². The lowest BCUT2D eigenvalue weighted by Gasteiger charge is -2.32. The van der Waals surface area contributed by atoms with Crippen molar-refractivity contribution in [3.05, 3.63) is 23.9 Å². The summed E-state index contributed by atoms with van der Waals surface area (Å²) >= 11 is 0. The third-order valence-electron chi connectivity index (χ3n) is 3.74. The second-order valence-electron chi connectivity index (χ2n) is 5.27. The van der Waals surface area contributed by atoms with Gasteiger partial charge in [-0.3, -0.25) is 4.79 Å². The minimum atomic E-state index is -0.00200. The van der Waals surface area contributed by atoms with Crippen molar-refractivity contribution >= 4 is 11.7 Å². The van der Waals surface area contributed by atoms with Crippen LogP contribution in [0.25, 0.3) is 0 Å². The van der Waals surface area contributed by atoms with Crippen molar-refractivity contribution in [3.8, 4) is 0 Å². The van der Waals surface area contributed by atoms with Crippen LogP contribution in [0.15, 0.2) is 18.3 Å². The molecule has 1 aromatic heterocycles. The number of rotatable bonds is 5. The van der Waals surface area contributed by atoms with E-state index in [-0.39, 0.29) is 5.91 Å². The average molecular weight is 276 g/mol. The zero-order chi connectivity index (χ0) is 14.4. The summed E-state index contributed by atoms with van der Waals surface area (Å²) in [5.41, 5.74) is 0.667. The van der Waals surface area contributed by atoms with Crippen LogP contribution in [0.1, 0.15) is 36.5 Å². The summed E-state index contributed by atoms with van der Waals surface area (Å²) in [7, 11) is 1.80. The second-order valence-corrected chi connectivity index (χ2v) is 5.27. The first-order chi connectivity index (χ1) is 9.72. The Morgan fingerprint density at radius 2 is 2.20 bits per heavy atom. The van der Waals surface area contributed by atoms with Gasteiger partial charge >= 0.3 is 0 Å². The van der Waals surface area contributed by atoms with Gasteiger partial charge in [-0.05, 0) is 37.9 Å². The van der Waals surface area contributed by atoms with Gasteiger partial charge in [-0.1, -0.05) is 6.92 Å². The summed E-state index contributed by atoms with van der Waals surface area (Å²) in [5.74, 6) is 0.716. The molecular weight excluding hydrogens is 252 g/mol. The summed E-state index contributed by atoms with van der Waals surface area (Å²) < 4.78 is 0. The van der Waals surface area contributed by atoms with E-state index in [1.165, 1.54) is 6.42 Å². The Kier molecular flexibility index (Phi) is 5.35. The highest BCUT2D eigenvalue weighted by molar-refractivity contribution is 5.94. The third kappa shape index (κ3) is 3.93. The Morgan fingerprint density at radius 3 is 2.85 bits per heavy atom. The number of carbonyl (C=O) groups is 1. The fraction of sp³-hybridized carbons (Fsp3) is 0.600. The van der Waals surface area contributed by atoms with Gasteiger partial charge in [-0.25, -0.2) is 4.98 Å². The molecule has 0 saturated carbocycles. The predicted molar refractivity (Wildman–Crippen MR) is 81.0 cm³/mol. The summed E-state index contributed by atoms with van der Waals surface area (Å²) in [4.78, 5) is 18.8. The van der Waals surface area contributed by atoms with Gasteiger partial charge < -0.3 is 15.5 Å². The van der Waals surface area contributed by atoms with E-state index in [0.29, 0.717) is 11.6 Å². The van der Waals surface area contributed by atoms with Crippen molar-refractivity contribution in [3.63, 3.8) is 0 Å². The maximum Gasteiger partial charge on any atom is 0.251 e. The molecule has 1 aliphatic heterocycles. The Balaban J connectivity index is 1.86. The van der Waals surface area contributed by atoms with E-state index in [9.17, 15) is 4.79 Å². The van der Waals surface area contributed by atoms with Crippen LogP contribution < -0.4 is 10.6 Å². The van der Waals surface area contributed by atoms with E-state index in [0.717, 1.165) is 38.3 Å². The molecule has 2 N–H and O–H groups in total. The van der Waals surface area contributed by atoms with Crippen LogP contribution in [0.3, 0.4) is 0 Å². The first-order valence-electron chi connectivity index (χ1n) is 7.40. The minimum absolute atomic E-state index is 0.00200. The van der Waals surface area contributed by atoms with Crippen LogP contribution in [-0.4, -0.2) is 48.5 Å². The number of nitrogens with one attached hydrogen (secondary N) is 2. The molecule has 0 atom stereocenters. The van der Waals surface area contributed by atoms with Crippen molar-refractivity contribution in [2.75, 3.05) is 32.0 Å². The number of carbonyl (C=O) groups excluding carboxylic acids is 1. The molecule has 5 heteroatoms. The predicted octanol–water partition coefficient (Wildman–Crippen LogP) is 1.73. The van der Waals surface area contributed by atoms with Crippen molar-refractivity contribution in [2.24, 2.45) is 0 Å². The van der Waals surface area contributed by atoms with Gasteiger partial charge in [0.1, 0.15) is 5.82 Å². The number of pyridine rings is 1. The molecule has 0 aliphatic carbocycles. The lowest BCUT2D eigenvalue weighted by Crippen LogP contribution is -2.44. The maximum absolute atomic E-state index is 12.2. The Hall–Kier alpha value is -1.62. The van der Waals surface area contributed by atoms with Crippen molar-refractivity contribution < 1.29 is 4.79 Å². The van der Waals surface area contributed by atoms with Crippen LogP contribution >= 0.6 is 0 Å². The molecule has 2 heterocycles. The van der Waals surface area contributed by atoms with Gasteiger partial charge in [0.2, 0.25) is 0 Å². The van der Waals surface area contributed by atoms with E-state index in [2.05, 4.69) is 27.4 Å². The molecule has 1 amide bonds. The number of hydrogen-bond donors (Lipinski definition) is 2. The fourth-order valence-electron chi connectivity index (χ4n) is 2.59. The Bertz CT molecular complexity index is 441. The van der Waals surface area contributed by atoms with Gasteiger partial charge in [0.25, 0.3) is 5.91 Å². The average Bonchev–Trinajstić information content (AvgIpc) is 2.49. The minimum Gasteiger partial charge on any atom is -0.373 e. The largest absolute Gasteiger partial charge is 0.373 e. The van der Waals surface area contributed by atoms with Crippen molar-refractivity contribution in [2.45, 2.75) is 32.2 Å². The van der Waals surface area contributed by atoms with Crippen LogP contribution in [0, 0.1) is 0 Å². The summed E-state index contributed by atoms with van der Waals surface area (Å²) in [6.07, 6.45) is 4.93. The third-order valence-corrected chi connectivity index (χ3v) is 3.74. The van der Waals surface area contributed by atoms with Gasteiger partial charge in [0.15, 0.2) is 0 Å². The number of aromatic nitrogens is 1. The zero-order valence-electron chi connectivity index (χ0n) is 12.4. The number of hydrogen-bond acceptors (Lipinski definition) is 4. The topological polar surface area (TPSA) is 57.3 Å². The molecule has 1 fully saturated rings. The van der Waals surface area contributed by atoms with Gasteiger partial charge in [0, 0.05) is 37.9 Å². The molecule has 2 rings (SSSR count). The Labute approximate surface area is 120 Å². The van der Waals surface area contributed by atoms with Crippen LogP contribution in [0.5, 0.6) is 0 Å². The van der Waals surface area contributed by atoms with E-state index >= 15 is 0 Å². The smallest absolute Gasteiger partial charge is 0.251 e. The molecule has 0 unspecified atom stereocenters. The van der Waals surface area contributed by atoms with E-state index < -0.39 is 0 Å². The number of likely N-dealkylation sites (tertiary alicyclic amines) is 1. The molecular formula is C15H24N4O. The van der Waals surface area contributed by atoms with E-state index in [1.54, 1.807) is 25.4 Å². The molecule has 1 aromatic rings. The van der Waals surface area contributed by atoms with Gasteiger partial charge in [-0.2, -0.15) is 0 Å². The van der Waals surface area contributed by atoms with Crippen molar-refractivity contribution in [1.82, 2.24) is 15.2 Å². The number of amides is 1. The Morgan fingerprint density at radius 1 is 1.45 bits per heavy atom. The van der Waals surface area contributed by atoms with Gasteiger partial charge in [-0.15, -0.1) is 0 Å². The SMILES string of the molecule is CCCN1CCC(NC(=O)c2ccnc(NC)c2)CC1. The normalized spacial score (nSPS) is 16.9. The standard InChI is InChI=1S/C15H24N4O/c1-3-8-19-9-5-13(6-10-19)18-15(20)12-4-7-17-14(11-12)16-2/h4,7,11,13H,3,5-6,8-10H2,1-2H3,(H,16,17)(H,18,20). The second kappa shape index (κ2) is 7.24. The highest BCUT2D eigenvalue weighted by Gasteiger charge is 2.20. The van der Waals surface area contributed by atoms with E-state index in [1.807, 2.05) is 0 Å². The van der Waals surface area contributed by atoms with Crippen LogP contribution in [-0.2, 0) is 0 Å². The zero-order valence-corrected chi connectivity index (χ0v) is 12.4. The fourth-order valence-corrected chi connectivity index (χ4v) is 2.59.